The molecule has 4 aromatic carbocycles. The van der Waals surface area contributed by atoms with Gasteiger partial charge in [0.15, 0.2) is 0 Å². The molecule has 4 rings (SSSR count). The molecule has 0 saturated heterocycles. The third kappa shape index (κ3) is 7.88. The quantitative estimate of drug-likeness (QED) is 0.193. The minimum absolute atomic E-state index is 0.113. The van der Waals surface area contributed by atoms with Crippen molar-refractivity contribution in [1.82, 2.24) is 0 Å². The Hall–Kier alpha value is -3.59. The van der Waals surface area contributed by atoms with Gasteiger partial charge < -0.3 is 5.32 Å². The summed E-state index contributed by atoms with van der Waals surface area (Å²) in [6, 6.07) is 19.6. The highest BCUT2D eigenvalue weighted by Crippen LogP contribution is 2.38. The largest absolute Gasteiger partial charge is 0.417 e. The van der Waals surface area contributed by atoms with Crippen LogP contribution in [0.25, 0.3) is 0 Å². The molecular weight excluding hydrogens is 695 g/mol. The van der Waals surface area contributed by atoms with Gasteiger partial charge in [0.2, 0.25) is 5.91 Å². The zero-order valence-corrected chi connectivity index (χ0v) is 26.0. The van der Waals surface area contributed by atoms with Gasteiger partial charge in [-0.25, -0.2) is 16.8 Å². The van der Waals surface area contributed by atoms with E-state index in [1.54, 1.807) is 31.2 Å². The Labute approximate surface area is 259 Å². The van der Waals surface area contributed by atoms with Crippen LogP contribution in [-0.2, 0) is 31.0 Å². The van der Waals surface area contributed by atoms with Gasteiger partial charge in [-0.05, 0) is 85.8 Å². The predicted molar refractivity (Wildman–Crippen MR) is 162 cm³/mol. The third-order valence-corrected chi connectivity index (χ3v) is 10.0. The highest BCUT2D eigenvalue weighted by atomic mass is 79.9. The van der Waals surface area contributed by atoms with Crippen LogP contribution in [0.4, 0.5) is 30.2 Å². The van der Waals surface area contributed by atoms with E-state index in [9.17, 15) is 34.8 Å². The van der Waals surface area contributed by atoms with Gasteiger partial charge in [-0.1, -0.05) is 45.2 Å². The van der Waals surface area contributed by atoms with E-state index in [-0.39, 0.29) is 15.5 Å². The zero-order valence-electron chi connectivity index (χ0n) is 22.1. The zero-order chi connectivity index (χ0) is 31.6. The van der Waals surface area contributed by atoms with Crippen LogP contribution in [0.1, 0.15) is 11.1 Å². The van der Waals surface area contributed by atoms with Crippen LogP contribution in [0.5, 0.6) is 0 Å². The molecule has 0 unspecified atom stereocenters. The molecule has 0 radical (unpaired) electrons. The van der Waals surface area contributed by atoms with Crippen LogP contribution >= 0.6 is 27.5 Å². The van der Waals surface area contributed by atoms with Crippen molar-refractivity contribution in [2.24, 2.45) is 0 Å². The Balaban J connectivity index is 1.59. The first-order valence-corrected chi connectivity index (χ1v) is 16.3. The van der Waals surface area contributed by atoms with Crippen LogP contribution in [-0.4, -0.2) is 29.3 Å². The Bertz CT molecular complexity index is 1850. The fourth-order valence-electron chi connectivity index (χ4n) is 3.82. The maximum absolute atomic E-state index is 13.6. The highest BCUT2D eigenvalue weighted by Gasteiger charge is 2.35. The number of carbonyl (C=O) groups is 1. The number of halogens is 5. The number of hydrogen-bond donors (Lipinski definition) is 2. The van der Waals surface area contributed by atoms with E-state index >= 15 is 0 Å². The van der Waals surface area contributed by atoms with Crippen molar-refractivity contribution in [2.75, 3.05) is 20.9 Å². The number of aryl methyl sites for hydroxylation is 1. The van der Waals surface area contributed by atoms with Gasteiger partial charge in [0, 0.05) is 15.8 Å². The maximum atomic E-state index is 13.6. The topological polar surface area (TPSA) is 113 Å². The van der Waals surface area contributed by atoms with Crippen molar-refractivity contribution < 1.29 is 34.8 Å². The number of amides is 1. The summed E-state index contributed by atoms with van der Waals surface area (Å²) in [6.45, 7) is 0.824. The molecule has 0 aliphatic carbocycles. The minimum Gasteiger partial charge on any atom is -0.325 e. The summed E-state index contributed by atoms with van der Waals surface area (Å²) in [6.07, 6.45) is -4.89. The van der Waals surface area contributed by atoms with Crippen molar-refractivity contribution in [2.45, 2.75) is 22.9 Å². The summed E-state index contributed by atoms with van der Waals surface area (Å²) in [5.74, 6) is -0.900. The number of sulfonamides is 2. The lowest BCUT2D eigenvalue weighted by Crippen LogP contribution is -2.38. The van der Waals surface area contributed by atoms with E-state index in [0.717, 1.165) is 22.2 Å². The van der Waals surface area contributed by atoms with Crippen LogP contribution in [0, 0.1) is 6.92 Å². The lowest BCUT2D eigenvalue weighted by molar-refractivity contribution is -0.137. The van der Waals surface area contributed by atoms with E-state index in [1.165, 1.54) is 48.5 Å². The van der Waals surface area contributed by atoms with Crippen molar-refractivity contribution >= 4 is 70.5 Å². The third-order valence-electron chi connectivity index (χ3n) is 5.98. The lowest BCUT2D eigenvalue weighted by atomic mass is 10.2. The SMILES string of the molecule is Cc1ccc(S(=O)(=O)N(CC(=O)Nc2ccc(S(=O)(=O)Nc3ccc(Br)cc3)cc2)c2ccc(Cl)c(C(F)(F)F)c2)cc1. The monoisotopic (exact) mass is 715 g/mol. The van der Waals surface area contributed by atoms with E-state index in [4.69, 9.17) is 11.6 Å². The van der Waals surface area contributed by atoms with E-state index in [1.807, 2.05) is 0 Å². The Kier molecular flexibility index (Phi) is 9.45. The maximum Gasteiger partial charge on any atom is 0.417 e. The molecule has 0 bridgehead atoms. The first-order valence-electron chi connectivity index (χ1n) is 12.2. The molecule has 0 aromatic heterocycles. The van der Waals surface area contributed by atoms with Crippen LogP contribution < -0.4 is 14.3 Å². The van der Waals surface area contributed by atoms with Gasteiger partial charge in [-0.2, -0.15) is 13.2 Å². The molecule has 0 spiro atoms. The molecule has 4 aromatic rings. The number of alkyl halides is 3. The van der Waals surface area contributed by atoms with E-state index in [2.05, 4.69) is 26.0 Å². The summed E-state index contributed by atoms with van der Waals surface area (Å²) in [4.78, 5) is 12.7. The summed E-state index contributed by atoms with van der Waals surface area (Å²) < 4.78 is 97.1. The van der Waals surface area contributed by atoms with Crippen molar-refractivity contribution in [3.8, 4) is 0 Å². The average molecular weight is 717 g/mol. The standard InChI is InChI=1S/C28H22BrClF3N3O5S2/c1-18-2-11-24(12-3-18)43(40,41)36(22-10-15-26(30)25(16-22)28(31,32)33)17-27(37)34-20-8-13-23(14-9-20)42(38,39)35-21-6-4-19(29)5-7-21/h2-16,35H,17H2,1H3,(H,34,37). The second-order valence-electron chi connectivity index (χ2n) is 9.17. The number of benzene rings is 4. The summed E-state index contributed by atoms with van der Waals surface area (Å²) >= 11 is 8.99. The van der Waals surface area contributed by atoms with Crippen molar-refractivity contribution in [1.29, 1.82) is 0 Å². The molecule has 0 heterocycles. The van der Waals surface area contributed by atoms with Gasteiger partial charge >= 0.3 is 6.18 Å². The van der Waals surface area contributed by atoms with Gasteiger partial charge in [0.1, 0.15) is 6.54 Å². The molecule has 15 heteroatoms. The molecular formula is C28H22BrClF3N3O5S2. The Morgan fingerprint density at radius 2 is 1.40 bits per heavy atom. The second kappa shape index (κ2) is 12.6. The van der Waals surface area contributed by atoms with Gasteiger partial charge in [-0.3, -0.25) is 13.8 Å². The molecule has 226 valence electrons. The number of anilines is 3. The van der Waals surface area contributed by atoms with Gasteiger partial charge in [0.05, 0.1) is 26.1 Å². The number of nitrogens with zero attached hydrogens (tertiary/aromatic N) is 1. The fourth-order valence-corrected chi connectivity index (χ4v) is 6.78. The Morgan fingerprint density at radius 3 is 1.98 bits per heavy atom. The molecule has 0 atom stereocenters. The molecule has 0 fully saturated rings. The normalized spacial score (nSPS) is 12.0. The fraction of sp³-hybridized carbons (Fsp3) is 0.107. The molecule has 43 heavy (non-hydrogen) atoms. The first-order chi connectivity index (χ1) is 20.1. The summed E-state index contributed by atoms with van der Waals surface area (Å²) in [7, 11) is -8.49. The first kappa shape index (κ1) is 32.3. The molecule has 1 amide bonds. The number of nitrogens with one attached hydrogen (secondary N) is 2. The summed E-state index contributed by atoms with van der Waals surface area (Å²) in [5.41, 5.74) is -0.525. The number of hydrogen-bond acceptors (Lipinski definition) is 5. The lowest BCUT2D eigenvalue weighted by Gasteiger charge is -2.25. The second-order valence-corrected chi connectivity index (χ2v) is 14.0. The van der Waals surface area contributed by atoms with Gasteiger partial charge in [-0.15, -0.1) is 0 Å². The van der Waals surface area contributed by atoms with Gasteiger partial charge in [0.25, 0.3) is 20.0 Å². The smallest absolute Gasteiger partial charge is 0.325 e. The number of carbonyl (C=O) groups excluding carboxylic acids is 1. The molecule has 0 aliphatic rings. The number of rotatable bonds is 9. The van der Waals surface area contributed by atoms with Crippen LogP contribution in [0.2, 0.25) is 5.02 Å². The molecule has 0 aliphatic heterocycles. The highest BCUT2D eigenvalue weighted by molar-refractivity contribution is 9.10. The van der Waals surface area contributed by atoms with Crippen molar-refractivity contribution in [3.05, 3.63) is 112 Å². The Morgan fingerprint density at radius 1 is 0.837 bits per heavy atom. The molecule has 0 saturated carbocycles. The van der Waals surface area contributed by atoms with E-state index < -0.39 is 54.9 Å². The van der Waals surface area contributed by atoms with E-state index in [0.29, 0.717) is 16.1 Å². The molecule has 8 nitrogen and oxygen atoms in total. The predicted octanol–water partition coefficient (Wildman–Crippen LogP) is 7.06. The van der Waals surface area contributed by atoms with Crippen molar-refractivity contribution in [3.63, 3.8) is 0 Å². The summed E-state index contributed by atoms with van der Waals surface area (Å²) in [5, 5.41) is 1.81. The van der Waals surface area contributed by atoms with Crippen LogP contribution in [0.3, 0.4) is 0 Å². The molecule has 2 N–H and O–H groups in total. The van der Waals surface area contributed by atoms with Crippen LogP contribution in [0.15, 0.2) is 105 Å². The minimum atomic E-state index is -4.89. The average Bonchev–Trinajstić information content (AvgIpc) is 2.93.